The quantitative estimate of drug-likeness (QED) is 0.722. The van der Waals surface area contributed by atoms with E-state index in [0.717, 1.165) is 24.5 Å². The van der Waals surface area contributed by atoms with Gasteiger partial charge in [0.15, 0.2) is 0 Å². The number of anilines is 2. The fraction of sp³-hybridized carbons (Fsp3) is 0.643. The summed E-state index contributed by atoms with van der Waals surface area (Å²) in [6.07, 6.45) is 1.13. The molecular weight excluding hydrogens is 274 g/mol. The Kier molecular flexibility index (Phi) is 6.81. The van der Waals surface area contributed by atoms with Gasteiger partial charge in [0.05, 0.1) is 17.3 Å². The van der Waals surface area contributed by atoms with Gasteiger partial charge in [0, 0.05) is 19.1 Å². The minimum absolute atomic E-state index is 0.347. The zero-order valence-corrected chi connectivity index (χ0v) is 13.5. The first-order chi connectivity index (χ1) is 9.49. The molecule has 0 saturated carbocycles. The zero-order chi connectivity index (χ0) is 15.1. The van der Waals surface area contributed by atoms with Crippen molar-refractivity contribution in [3.63, 3.8) is 0 Å². The second-order valence-corrected chi connectivity index (χ2v) is 5.83. The van der Waals surface area contributed by atoms with Crippen LogP contribution in [0.3, 0.4) is 0 Å². The number of carbonyl (C=O) groups is 1. The standard InChI is InChI=1S/C14H25N3O2S/c1-5-10(3)17(4)8-7-16-12-9-11(15)13(20-12)14(18)19-6-2/h9-10,16H,5-8,15H2,1-4H3. The summed E-state index contributed by atoms with van der Waals surface area (Å²) in [5.74, 6) is -0.347. The fourth-order valence-corrected chi connectivity index (χ4v) is 2.63. The lowest BCUT2D eigenvalue weighted by Crippen LogP contribution is -2.32. The van der Waals surface area contributed by atoms with Gasteiger partial charge in [-0.3, -0.25) is 0 Å². The highest BCUT2D eigenvalue weighted by Crippen LogP contribution is 2.29. The molecule has 0 saturated heterocycles. The molecule has 0 aliphatic rings. The number of nitrogen functional groups attached to an aromatic ring is 1. The minimum atomic E-state index is -0.347. The molecule has 1 unspecified atom stereocenters. The average molecular weight is 299 g/mol. The van der Waals surface area contributed by atoms with Crippen LogP contribution in [0, 0.1) is 0 Å². The first-order valence-electron chi connectivity index (χ1n) is 7.00. The molecule has 0 amide bonds. The van der Waals surface area contributed by atoms with Crippen molar-refractivity contribution in [2.45, 2.75) is 33.2 Å². The maximum Gasteiger partial charge on any atom is 0.350 e. The van der Waals surface area contributed by atoms with E-state index in [1.807, 2.05) is 0 Å². The van der Waals surface area contributed by atoms with Crippen molar-refractivity contribution in [2.75, 3.05) is 37.8 Å². The number of likely N-dealkylation sites (N-methyl/N-ethyl adjacent to an activating group) is 1. The van der Waals surface area contributed by atoms with Crippen molar-refractivity contribution in [3.8, 4) is 0 Å². The molecule has 0 aromatic carbocycles. The van der Waals surface area contributed by atoms with Crippen LogP contribution in [0.15, 0.2) is 6.07 Å². The van der Waals surface area contributed by atoms with Crippen molar-refractivity contribution in [1.82, 2.24) is 4.90 Å². The Balaban J connectivity index is 2.49. The Morgan fingerprint density at radius 3 is 2.85 bits per heavy atom. The third-order valence-corrected chi connectivity index (χ3v) is 4.42. The van der Waals surface area contributed by atoms with Crippen LogP contribution >= 0.6 is 11.3 Å². The third-order valence-electron chi connectivity index (χ3n) is 3.33. The zero-order valence-electron chi connectivity index (χ0n) is 12.7. The topological polar surface area (TPSA) is 67.6 Å². The molecule has 6 heteroatoms. The van der Waals surface area contributed by atoms with Gasteiger partial charge in [-0.15, -0.1) is 11.3 Å². The smallest absolute Gasteiger partial charge is 0.350 e. The molecule has 5 nitrogen and oxygen atoms in total. The number of carbonyl (C=O) groups excluding carboxylic acids is 1. The van der Waals surface area contributed by atoms with E-state index >= 15 is 0 Å². The Hall–Kier alpha value is -1.27. The maximum atomic E-state index is 11.7. The van der Waals surface area contributed by atoms with Crippen molar-refractivity contribution in [1.29, 1.82) is 0 Å². The van der Waals surface area contributed by atoms with Crippen molar-refractivity contribution >= 4 is 28.0 Å². The number of thiophene rings is 1. The van der Waals surface area contributed by atoms with Crippen LogP contribution < -0.4 is 11.1 Å². The van der Waals surface area contributed by atoms with E-state index in [1.165, 1.54) is 11.3 Å². The van der Waals surface area contributed by atoms with E-state index in [-0.39, 0.29) is 5.97 Å². The lowest BCUT2D eigenvalue weighted by atomic mass is 10.2. The van der Waals surface area contributed by atoms with Gasteiger partial charge in [0.2, 0.25) is 0 Å². The molecule has 114 valence electrons. The number of nitrogens with zero attached hydrogens (tertiary/aromatic N) is 1. The van der Waals surface area contributed by atoms with E-state index < -0.39 is 0 Å². The highest BCUT2D eigenvalue weighted by Gasteiger charge is 2.15. The summed E-state index contributed by atoms with van der Waals surface area (Å²) in [7, 11) is 2.11. The van der Waals surface area contributed by atoms with Crippen LogP contribution in [-0.4, -0.2) is 43.7 Å². The van der Waals surface area contributed by atoms with Crippen molar-refractivity contribution in [2.24, 2.45) is 0 Å². The van der Waals surface area contributed by atoms with Gasteiger partial charge in [-0.2, -0.15) is 0 Å². The van der Waals surface area contributed by atoms with Gasteiger partial charge in [-0.05, 0) is 33.4 Å². The van der Waals surface area contributed by atoms with Gasteiger partial charge in [-0.1, -0.05) is 6.92 Å². The predicted octanol–water partition coefficient (Wildman–Crippen LogP) is 2.65. The van der Waals surface area contributed by atoms with E-state index in [1.54, 1.807) is 13.0 Å². The molecule has 20 heavy (non-hydrogen) atoms. The van der Waals surface area contributed by atoms with Gasteiger partial charge < -0.3 is 20.7 Å². The minimum Gasteiger partial charge on any atom is -0.462 e. The van der Waals surface area contributed by atoms with Gasteiger partial charge in [0.1, 0.15) is 4.88 Å². The van der Waals surface area contributed by atoms with Gasteiger partial charge in [0.25, 0.3) is 0 Å². The summed E-state index contributed by atoms with van der Waals surface area (Å²) in [6.45, 7) is 8.30. The predicted molar refractivity (Wildman–Crippen MR) is 85.6 cm³/mol. The van der Waals surface area contributed by atoms with Crippen molar-refractivity contribution < 1.29 is 9.53 Å². The van der Waals surface area contributed by atoms with Crippen molar-refractivity contribution in [3.05, 3.63) is 10.9 Å². The number of ether oxygens (including phenoxy) is 1. The number of nitrogens with two attached hydrogens (primary N) is 1. The number of rotatable bonds is 8. The lowest BCUT2D eigenvalue weighted by Gasteiger charge is -2.23. The van der Waals surface area contributed by atoms with Gasteiger partial charge >= 0.3 is 5.97 Å². The van der Waals surface area contributed by atoms with E-state index in [9.17, 15) is 4.79 Å². The second kappa shape index (κ2) is 8.11. The number of nitrogens with one attached hydrogen (secondary N) is 1. The maximum absolute atomic E-state index is 11.7. The first-order valence-corrected chi connectivity index (χ1v) is 7.81. The molecule has 0 bridgehead atoms. The number of hydrogen-bond acceptors (Lipinski definition) is 6. The molecule has 0 aliphatic carbocycles. The summed E-state index contributed by atoms with van der Waals surface area (Å²) in [4.78, 5) is 14.4. The molecule has 1 heterocycles. The molecule has 1 atom stereocenters. The van der Waals surface area contributed by atoms with Crippen LogP contribution in [-0.2, 0) is 4.74 Å². The highest BCUT2D eigenvalue weighted by atomic mass is 32.1. The molecule has 1 aromatic heterocycles. The summed E-state index contributed by atoms with van der Waals surface area (Å²) >= 11 is 1.34. The van der Waals surface area contributed by atoms with Crippen LogP contribution in [0.5, 0.6) is 0 Å². The molecule has 1 aromatic rings. The summed E-state index contributed by atoms with van der Waals surface area (Å²) in [6, 6.07) is 2.36. The summed E-state index contributed by atoms with van der Waals surface area (Å²) < 4.78 is 4.97. The van der Waals surface area contributed by atoms with E-state index in [4.69, 9.17) is 10.5 Å². The second-order valence-electron chi connectivity index (χ2n) is 4.78. The largest absolute Gasteiger partial charge is 0.462 e. The molecule has 3 N–H and O–H groups in total. The molecule has 0 aliphatic heterocycles. The van der Waals surface area contributed by atoms with Crippen LogP contribution in [0.1, 0.15) is 36.9 Å². The highest BCUT2D eigenvalue weighted by molar-refractivity contribution is 7.18. The third kappa shape index (κ3) is 4.68. The molecule has 0 fully saturated rings. The van der Waals surface area contributed by atoms with Crippen LogP contribution in [0.4, 0.5) is 10.7 Å². The molecule has 0 spiro atoms. The normalized spacial score (nSPS) is 12.4. The van der Waals surface area contributed by atoms with E-state index in [0.29, 0.717) is 23.2 Å². The Bertz CT molecular complexity index is 434. The summed E-state index contributed by atoms with van der Waals surface area (Å²) in [5.41, 5.74) is 6.31. The van der Waals surface area contributed by atoms with Crippen LogP contribution in [0.25, 0.3) is 0 Å². The number of esters is 1. The molecule has 0 radical (unpaired) electrons. The number of hydrogen-bond donors (Lipinski definition) is 2. The summed E-state index contributed by atoms with van der Waals surface area (Å²) in [5, 5.41) is 4.21. The Morgan fingerprint density at radius 2 is 2.25 bits per heavy atom. The van der Waals surface area contributed by atoms with Gasteiger partial charge in [-0.25, -0.2) is 4.79 Å². The van der Waals surface area contributed by atoms with E-state index in [2.05, 4.69) is 31.1 Å². The SMILES string of the molecule is CCOC(=O)c1sc(NCCN(C)C(C)CC)cc1N. The first kappa shape index (κ1) is 16.8. The molecular formula is C14H25N3O2S. The Morgan fingerprint density at radius 1 is 1.55 bits per heavy atom. The lowest BCUT2D eigenvalue weighted by molar-refractivity contribution is 0.0533. The average Bonchev–Trinajstić information content (AvgIpc) is 2.79. The fourth-order valence-electron chi connectivity index (χ4n) is 1.74. The Labute approximate surface area is 125 Å². The molecule has 1 rings (SSSR count). The monoisotopic (exact) mass is 299 g/mol. The van der Waals surface area contributed by atoms with Crippen LogP contribution in [0.2, 0.25) is 0 Å².